The van der Waals surface area contributed by atoms with Gasteiger partial charge < -0.3 is 4.90 Å². The monoisotopic (exact) mass is 463 g/mol. The van der Waals surface area contributed by atoms with Crippen molar-refractivity contribution in [1.29, 1.82) is 0 Å². The van der Waals surface area contributed by atoms with Crippen LogP contribution in [0.4, 0.5) is 0 Å². The first kappa shape index (κ1) is 21.2. The van der Waals surface area contributed by atoms with Gasteiger partial charge in [0, 0.05) is 43.1 Å². The molecule has 0 bridgehead atoms. The van der Waals surface area contributed by atoms with Crippen molar-refractivity contribution in [2.24, 2.45) is 0 Å². The highest BCUT2D eigenvalue weighted by Crippen LogP contribution is 2.26. The van der Waals surface area contributed by atoms with Crippen LogP contribution >= 0.6 is 0 Å². The average molecular weight is 464 g/mol. The third-order valence-corrected chi connectivity index (χ3v) is 7.78. The number of carbonyl (C=O) groups is 1. The number of aromatic nitrogens is 3. The molecule has 3 heterocycles. The lowest BCUT2D eigenvalue weighted by Gasteiger charge is -2.34. The lowest BCUT2D eigenvalue weighted by atomic mass is 10.1. The fraction of sp³-hybridized carbons (Fsp3) is 0.217. The van der Waals surface area contributed by atoms with E-state index in [2.05, 4.69) is 15.2 Å². The molecule has 2 aromatic heterocycles. The Morgan fingerprint density at radius 2 is 1.73 bits per heavy atom. The third kappa shape index (κ3) is 3.66. The summed E-state index contributed by atoms with van der Waals surface area (Å²) in [7, 11) is -3.79. The van der Waals surface area contributed by atoms with Gasteiger partial charge in [0.15, 0.2) is 5.69 Å². The molecule has 5 rings (SSSR count). The minimum atomic E-state index is -3.79. The van der Waals surface area contributed by atoms with Crippen LogP contribution in [0.3, 0.4) is 0 Å². The molecule has 168 valence electrons. The maximum atomic E-state index is 13.4. The summed E-state index contributed by atoms with van der Waals surface area (Å²) < 4.78 is 28.1. The Kier molecular flexibility index (Phi) is 5.18. The van der Waals surface area contributed by atoms with Crippen molar-refractivity contribution < 1.29 is 13.2 Å². The predicted octanol–water partition coefficient (Wildman–Crippen LogP) is 1.93. The van der Waals surface area contributed by atoms with Crippen LogP contribution in [-0.4, -0.2) is 64.9 Å². The molecule has 1 saturated heterocycles. The first-order valence-electron chi connectivity index (χ1n) is 10.5. The first-order chi connectivity index (χ1) is 15.9. The normalized spacial score (nSPS) is 15.2. The second-order valence-corrected chi connectivity index (χ2v) is 9.89. The number of hydrogen-bond donors (Lipinski definition) is 1. The zero-order chi connectivity index (χ0) is 23.2. The predicted molar refractivity (Wildman–Crippen MR) is 124 cm³/mol. The molecule has 1 aliphatic rings. The molecule has 0 radical (unpaired) electrons. The Hall–Kier alpha value is -3.63. The van der Waals surface area contributed by atoms with Crippen molar-refractivity contribution in [2.75, 3.05) is 26.2 Å². The number of carbonyl (C=O) groups excluding carboxylic acids is 1. The fourth-order valence-corrected chi connectivity index (χ4v) is 5.74. The van der Waals surface area contributed by atoms with Crippen molar-refractivity contribution in [3.63, 3.8) is 0 Å². The molecule has 1 N–H and O–H groups in total. The Morgan fingerprint density at radius 1 is 1.00 bits per heavy atom. The molecule has 0 unspecified atom stereocenters. The smallest absolute Gasteiger partial charge is 0.275 e. The van der Waals surface area contributed by atoms with Gasteiger partial charge in [0.2, 0.25) is 10.0 Å². The Morgan fingerprint density at radius 3 is 2.48 bits per heavy atom. The van der Waals surface area contributed by atoms with Crippen LogP contribution in [0, 0.1) is 6.92 Å². The fourth-order valence-electron chi connectivity index (χ4n) is 4.15. The molecular formula is C23H21N5O4S. The second kappa shape index (κ2) is 8.05. The number of hydrogen-bond acceptors (Lipinski definition) is 6. The van der Waals surface area contributed by atoms with Crippen molar-refractivity contribution in [3.05, 3.63) is 76.3 Å². The summed E-state index contributed by atoms with van der Waals surface area (Å²) >= 11 is 0. The number of sulfonamides is 1. The number of aryl methyl sites for hydroxylation is 1. The van der Waals surface area contributed by atoms with E-state index in [1.165, 1.54) is 4.31 Å². The topological polar surface area (TPSA) is 116 Å². The number of piperazine rings is 1. The van der Waals surface area contributed by atoms with Crippen LogP contribution in [0.15, 0.2) is 64.4 Å². The van der Waals surface area contributed by atoms with Crippen LogP contribution < -0.4 is 5.56 Å². The van der Waals surface area contributed by atoms with Crippen molar-refractivity contribution in [2.45, 2.75) is 11.8 Å². The molecule has 9 nitrogen and oxygen atoms in total. The van der Waals surface area contributed by atoms with E-state index in [4.69, 9.17) is 0 Å². The first-order valence-corrected chi connectivity index (χ1v) is 11.9. The molecule has 4 aromatic rings. The molecule has 1 aliphatic heterocycles. The van der Waals surface area contributed by atoms with Gasteiger partial charge in [0.05, 0.1) is 10.9 Å². The van der Waals surface area contributed by atoms with E-state index in [0.29, 0.717) is 16.3 Å². The van der Waals surface area contributed by atoms with Crippen LogP contribution in [-0.2, 0) is 10.0 Å². The second-order valence-electron chi connectivity index (χ2n) is 7.98. The molecule has 1 fully saturated rings. The van der Waals surface area contributed by atoms with Crippen LogP contribution in [0.2, 0.25) is 0 Å². The Balaban J connectivity index is 1.39. The summed E-state index contributed by atoms with van der Waals surface area (Å²) in [6.45, 7) is 2.63. The Labute approximate surface area is 189 Å². The maximum Gasteiger partial charge on any atom is 0.275 e. The molecule has 0 atom stereocenters. The van der Waals surface area contributed by atoms with Gasteiger partial charge in [-0.05, 0) is 30.7 Å². The summed E-state index contributed by atoms with van der Waals surface area (Å²) in [6, 6.07) is 13.8. The summed E-state index contributed by atoms with van der Waals surface area (Å²) in [5, 5.41) is 7.96. The number of aromatic amines is 1. The van der Waals surface area contributed by atoms with Gasteiger partial charge in [-0.15, -0.1) is 0 Å². The maximum absolute atomic E-state index is 13.4. The summed E-state index contributed by atoms with van der Waals surface area (Å²) in [5.74, 6) is -0.346. The molecule has 0 spiro atoms. The van der Waals surface area contributed by atoms with Crippen LogP contribution in [0.5, 0.6) is 0 Å². The lowest BCUT2D eigenvalue weighted by Crippen LogP contribution is -2.50. The van der Waals surface area contributed by atoms with Crippen LogP contribution in [0.1, 0.15) is 16.1 Å². The van der Waals surface area contributed by atoms with Crippen molar-refractivity contribution in [3.8, 4) is 0 Å². The molecule has 33 heavy (non-hydrogen) atoms. The van der Waals surface area contributed by atoms with Gasteiger partial charge in [0.1, 0.15) is 4.90 Å². The number of rotatable bonds is 3. The molecule has 1 amide bonds. The van der Waals surface area contributed by atoms with E-state index < -0.39 is 10.0 Å². The molecule has 10 heteroatoms. The van der Waals surface area contributed by atoms with Gasteiger partial charge in [0.25, 0.3) is 11.5 Å². The summed E-state index contributed by atoms with van der Waals surface area (Å²) in [6.07, 6.45) is 1.65. The molecule has 0 aliphatic carbocycles. The summed E-state index contributed by atoms with van der Waals surface area (Å²) in [5.41, 5.74) is 1.17. The number of amides is 1. The van der Waals surface area contributed by atoms with Gasteiger partial charge >= 0.3 is 0 Å². The Bertz CT molecular complexity index is 1560. The number of pyridine rings is 1. The highest BCUT2D eigenvalue weighted by Gasteiger charge is 2.32. The standard InChI is InChI=1S/C23H21N5O4S/c1-15-13-16-5-4-8-19(20(16)24-14-15)33(31,32)28-11-9-27(10-12-28)23(30)21-17-6-2-3-7-18(17)22(29)26-25-21/h2-8,13-14H,9-12H2,1H3,(H,26,29). The minimum absolute atomic E-state index is 0.148. The number of benzene rings is 2. The minimum Gasteiger partial charge on any atom is -0.335 e. The lowest BCUT2D eigenvalue weighted by molar-refractivity contribution is 0.0693. The van der Waals surface area contributed by atoms with Crippen molar-refractivity contribution >= 4 is 37.6 Å². The van der Waals surface area contributed by atoms with E-state index in [1.54, 1.807) is 47.5 Å². The number of para-hydroxylation sites is 1. The van der Waals surface area contributed by atoms with Gasteiger partial charge in [-0.25, -0.2) is 13.5 Å². The van der Waals surface area contributed by atoms with Gasteiger partial charge in [-0.1, -0.05) is 30.3 Å². The summed E-state index contributed by atoms with van der Waals surface area (Å²) in [4.78, 5) is 31.2. The number of nitrogens with one attached hydrogen (secondary N) is 1. The van der Waals surface area contributed by atoms with E-state index in [9.17, 15) is 18.0 Å². The van der Waals surface area contributed by atoms with Gasteiger partial charge in [-0.2, -0.15) is 9.40 Å². The van der Waals surface area contributed by atoms with Crippen molar-refractivity contribution in [1.82, 2.24) is 24.4 Å². The largest absolute Gasteiger partial charge is 0.335 e. The van der Waals surface area contributed by atoms with Crippen LogP contribution in [0.25, 0.3) is 21.7 Å². The average Bonchev–Trinajstić information content (AvgIpc) is 2.83. The highest BCUT2D eigenvalue weighted by molar-refractivity contribution is 7.89. The third-order valence-electron chi connectivity index (χ3n) is 5.85. The molecule has 0 saturated carbocycles. The van der Waals surface area contributed by atoms with E-state index >= 15 is 0 Å². The number of H-pyrrole nitrogens is 1. The zero-order valence-electron chi connectivity index (χ0n) is 17.9. The molecule has 2 aromatic carbocycles. The van der Waals surface area contributed by atoms with Gasteiger partial charge in [-0.3, -0.25) is 14.6 Å². The highest BCUT2D eigenvalue weighted by atomic mass is 32.2. The molecular weight excluding hydrogens is 442 g/mol. The van der Waals surface area contributed by atoms with E-state index in [-0.39, 0.29) is 48.2 Å². The quantitative estimate of drug-likeness (QED) is 0.496. The SMILES string of the molecule is Cc1cnc2c(S(=O)(=O)N3CCN(C(=O)c4n[nH]c(=O)c5ccccc45)CC3)cccc2c1. The zero-order valence-corrected chi connectivity index (χ0v) is 18.7. The van der Waals surface area contributed by atoms with E-state index in [0.717, 1.165) is 10.9 Å². The number of nitrogens with zero attached hydrogens (tertiary/aromatic N) is 4. The van der Waals surface area contributed by atoms with E-state index in [1.807, 2.05) is 19.1 Å². The number of fused-ring (bicyclic) bond motifs is 2.